The van der Waals surface area contributed by atoms with Gasteiger partial charge in [-0.1, -0.05) is 34.8 Å². The van der Waals surface area contributed by atoms with E-state index >= 15 is 0 Å². The zero-order valence-electron chi connectivity index (χ0n) is 13.7. The van der Waals surface area contributed by atoms with E-state index in [0.29, 0.717) is 27.0 Å². The Hall–Kier alpha value is -2.21. The second-order valence-corrected chi connectivity index (χ2v) is 6.76. The Bertz CT molecular complexity index is 1090. The number of aromatic amines is 1. The predicted molar refractivity (Wildman–Crippen MR) is 106 cm³/mol. The SMILES string of the molecule is COc1ccc(Cl)c2c(=O)c(C(C)=O)c(Nc3ccc(Cl)cc3Cl)[nH]c12. The highest BCUT2D eigenvalue weighted by atomic mass is 35.5. The van der Waals surface area contributed by atoms with E-state index in [-0.39, 0.29) is 21.8 Å². The van der Waals surface area contributed by atoms with Crippen LogP contribution in [0, 0.1) is 0 Å². The fraction of sp³-hybridized carbons (Fsp3) is 0.111. The molecule has 26 heavy (non-hydrogen) atoms. The second-order valence-electron chi connectivity index (χ2n) is 5.51. The highest BCUT2D eigenvalue weighted by Gasteiger charge is 2.20. The maximum absolute atomic E-state index is 12.9. The lowest BCUT2D eigenvalue weighted by atomic mass is 10.1. The number of halogens is 3. The normalized spacial score (nSPS) is 10.8. The number of ether oxygens (including phenoxy) is 1. The third-order valence-electron chi connectivity index (χ3n) is 3.83. The number of nitrogens with one attached hydrogen (secondary N) is 2. The number of hydrogen-bond acceptors (Lipinski definition) is 4. The summed E-state index contributed by atoms with van der Waals surface area (Å²) in [6, 6.07) is 8.01. The summed E-state index contributed by atoms with van der Waals surface area (Å²) in [7, 11) is 1.48. The molecule has 1 aromatic heterocycles. The van der Waals surface area contributed by atoms with Crippen molar-refractivity contribution in [2.75, 3.05) is 12.4 Å². The number of carbonyl (C=O) groups excluding carboxylic acids is 1. The van der Waals surface area contributed by atoms with Crippen molar-refractivity contribution >= 4 is 63.0 Å². The van der Waals surface area contributed by atoms with Gasteiger partial charge in [-0.2, -0.15) is 0 Å². The van der Waals surface area contributed by atoms with Crippen molar-refractivity contribution in [3.8, 4) is 5.75 Å². The van der Waals surface area contributed by atoms with Crippen molar-refractivity contribution < 1.29 is 9.53 Å². The first-order valence-electron chi connectivity index (χ1n) is 7.49. The maximum atomic E-state index is 12.9. The van der Waals surface area contributed by atoms with E-state index in [1.807, 2.05) is 0 Å². The second kappa shape index (κ2) is 7.19. The van der Waals surface area contributed by atoms with Gasteiger partial charge in [-0.05, 0) is 37.3 Å². The molecule has 0 aliphatic carbocycles. The summed E-state index contributed by atoms with van der Waals surface area (Å²) in [4.78, 5) is 28.1. The van der Waals surface area contributed by atoms with Crippen LogP contribution in [0.5, 0.6) is 5.75 Å². The van der Waals surface area contributed by atoms with Gasteiger partial charge in [-0.25, -0.2) is 0 Å². The van der Waals surface area contributed by atoms with Gasteiger partial charge >= 0.3 is 0 Å². The van der Waals surface area contributed by atoms with Gasteiger partial charge in [0.1, 0.15) is 17.1 Å². The molecule has 0 saturated heterocycles. The number of fused-ring (bicyclic) bond motifs is 1. The highest BCUT2D eigenvalue weighted by Crippen LogP contribution is 2.33. The van der Waals surface area contributed by atoms with Crippen LogP contribution in [-0.4, -0.2) is 17.9 Å². The van der Waals surface area contributed by atoms with Crippen LogP contribution in [0.1, 0.15) is 17.3 Å². The number of pyridine rings is 1. The number of H-pyrrole nitrogens is 1. The smallest absolute Gasteiger partial charge is 0.204 e. The van der Waals surface area contributed by atoms with E-state index in [4.69, 9.17) is 39.5 Å². The molecular weight excluding hydrogens is 399 g/mol. The van der Waals surface area contributed by atoms with E-state index < -0.39 is 11.2 Å². The fourth-order valence-corrected chi connectivity index (χ4v) is 3.35. The molecular formula is C18H13Cl3N2O3. The van der Waals surface area contributed by atoms with Crippen LogP contribution in [0.15, 0.2) is 35.1 Å². The quantitative estimate of drug-likeness (QED) is 0.561. The van der Waals surface area contributed by atoms with Gasteiger partial charge in [0.2, 0.25) is 5.43 Å². The largest absolute Gasteiger partial charge is 0.495 e. The number of aromatic nitrogens is 1. The first kappa shape index (κ1) is 18.6. The van der Waals surface area contributed by atoms with Gasteiger partial charge in [0, 0.05) is 5.02 Å². The number of hydrogen-bond donors (Lipinski definition) is 2. The molecule has 2 N–H and O–H groups in total. The number of carbonyl (C=O) groups is 1. The third kappa shape index (κ3) is 3.26. The van der Waals surface area contributed by atoms with Crippen molar-refractivity contribution in [2.45, 2.75) is 6.92 Å². The number of ketones is 1. The molecule has 0 atom stereocenters. The molecule has 8 heteroatoms. The third-order valence-corrected chi connectivity index (χ3v) is 4.70. The topological polar surface area (TPSA) is 71.2 Å². The molecule has 5 nitrogen and oxygen atoms in total. The van der Waals surface area contributed by atoms with Crippen LogP contribution < -0.4 is 15.5 Å². The first-order valence-corrected chi connectivity index (χ1v) is 8.62. The molecule has 3 aromatic rings. The Morgan fingerprint density at radius 3 is 2.46 bits per heavy atom. The number of rotatable bonds is 4. The predicted octanol–water partition coefficient (Wildman–Crippen LogP) is 5.44. The van der Waals surface area contributed by atoms with Crippen molar-refractivity contribution in [1.29, 1.82) is 0 Å². The summed E-state index contributed by atoms with van der Waals surface area (Å²) in [6.07, 6.45) is 0. The Balaban J connectivity index is 2.31. The fourth-order valence-electron chi connectivity index (χ4n) is 2.66. The Kier molecular flexibility index (Phi) is 5.14. The zero-order valence-corrected chi connectivity index (χ0v) is 16.0. The van der Waals surface area contributed by atoms with E-state index in [2.05, 4.69) is 10.3 Å². The Morgan fingerprint density at radius 2 is 1.85 bits per heavy atom. The lowest BCUT2D eigenvalue weighted by molar-refractivity contribution is 0.101. The lowest BCUT2D eigenvalue weighted by Gasteiger charge is -2.15. The summed E-state index contributed by atoms with van der Waals surface area (Å²) in [5.74, 6) is 0.196. The molecule has 0 spiro atoms. The van der Waals surface area contributed by atoms with Crippen LogP contribution in [0.25, 0.3) is 10.9 Å². The van der Waals surface area contributed by atoms with Crippen LogP contribution in [0.2, 0.25) is 15.1 Å². The van der Waals surface area contributed by atoms with E-state index in [9.17, 15) is 9.59 Å². The van der Waals surface area contributed by atoms with Gasteiger partial charge in [0.25, 0.3) is 0 Å². The average molecular weight is 412 g/mol. The average Bonchev–Trinajstić information content (AvgIpc) is 2.57. The summed E-state index contributed by atoms with van der Waals surface area (Å²) < 4.78 is 5.30. The minimum atomic E-state index is -0.497. The van der Waals surface area contributed by atoms with Crippen molar-refractivity contribution in [1.82, 2.24) is 4.98 Å². The number of anilines is 2. The molecule has 2 aromatic carbocycles. The molecule has 0 aliphatic rings. The zero-order chi connectivity index (χ0) is 19.0. The molecule has 0 bridgehead atoms. The molecule has 1 heterocycles. The molecule has 0 saturated carbocycles. The Labute approximate surface area is 163 Å². The van der Waals surface area contributed by atoms with E-state index in [1.165, 1.54) is 14.0 Å². The minimum Gasteiger partial charge on any atom is -0.495 e. The van der Waals surface area contributed by atoms with Gasteiger partial charge in [0.05, 0.1) is 33.7 Å². The standard InChI is InChI=1S/C18H13Cl3N2O3/c1-8(24)14-17(25)15-10(20)4-6-13(26-2)16(15)23-18(14)22-12-5-3-9(19)7-11(12)21/h3-7H,1-2H3,(H2,22,23,25). The highest BCUT2D eigenvalue weighted by molar-refractivity contribution is 6.37. The van der Waals surface area contributed by atoms with Crippen LogP contribution in [0.3, 0.4) is 0 Å². The van der Waals surface area contributed by atoms with Crippen molar-refractivity contribution in [3.05, 3.63) is 61.2 Å². The minimum absolute atomic E-state index is 0.0568. The van der Waals surface area contributed by atoms with E-state index in [0.717, 1.165) is 0 Å². The monoisotopic (exact) mass is 410 g/mol. The van der Waals surface area contributed by atoms with Crippen molar-refractivity contribution in [3.63, 3.8) is 0 Å². The van der Waals surface area contributed by atoms with Gasteiger partial charge < -0.3 is 15.0 Å². The maximum Gasteiger partial charge on any atom is 0.204 e. The van der Waals surface area contributed by atoms with Crippen LogP contribution in [0.4, 0.5) is 11.5 Å². The molecule has 0 aliphatic heterocycles. The summed E-state index contributed by atoms with van der Waals surface area (Å²) in [5, 5.41) is 4.20. The molecule has 3 rings (SSSR count). The lowest BCUT2D eigenvalue weighted by Crippen LogP contribution is -2.18. The molecule has 134 valence electrons. The van der Waals surface area contributed by atoms with Crippen molar-refractivity contribution in [2.24, 2.45) is 0 Å². The summed E-state index contributed by atoms with van der Waals surface area (Å²) in [5.41, 5.74) is 0.304. The van der Waals surface area contributed by atoms with Crippen LogP contribution in [-0.2, 0) is 0 Å². The number of benzene rings is 2. The summed E-state index contributed by atoms with van der Waals surface area (Å²) >= 11 is 18.3. The molecule has 0 radical (unpaired) electrons. The van der Waals surface area contributed by atoms with Crippen LogP contribution >= 0.6 is 34.8 Å². The van der Waals surface area contributed by atoms with E-state index in [1.54, 1.807) is 30.3 Å². The molecule has 0 amide bonds. The number of methoxy groups -OCH3 is 1. The van der Waals surface area contributed by atoms with Gasteiger partial charge in [-0.3, -0.25) is 9.59 Å². The number of Topliss-reactive ketones (excluding diaryl/α,β-unsaturated/α-hetero) is 1. The van der Waals surface area contributed by atoms with Gasteiger partial charge in [-0.15, -0.1) is 0 Å². The first-order chi connectivity index (χ1) is 12.3. The Morgan fingerprint density at radius 1 is 1.12 bits per heavy atom. The molecule has 0 unspecified atom stereocenters. The van der Waals surface area contributed by atoms with Gasteiger partial charge in [0.15, 0.2) is 5.78 Å². The molecule has 0 fully saturated rings. The summed E-state index contributed by atoms with van der Waals surface area (Å²) in [6.45, 7) is 1.30.